The van der Waals surface area contributed by atoms with Gasteiger partial charge in [-0.2, -0.15) is 0 Å². The Balaban J connectivity index is 2.28. The number of carbonyl (C=O) groups is 1. The van der Waals surface area contributed by atoms with Gasteiger partial charge >= 0.3 is 5.69 Å². The highest BCUT2D eigenvalue weighted by atomic mass is 79.9. The van der Waals surface area contributed by atoms with E-state index in [0.29, 0.717) is 14.9 Å². The highest BCUT2D eigenvalue weighted by molar-refractivity contribution is 9.10. The summed E-state index contributed by atoms with van der Waals surface area (Å²) in [6, 6.07) is 7.23. The van der Waals surface area contributed by atoms with Gasteiger partial charge in [-0.25, -0.2) is 4.79 Å². The molecule has 6 heteroatoms. The van der Waals surface area contributed by atoms with E-state index >= 15 is 0 Å². The molecular formula is C14H11BrN2O2S. The van der Waals surface area contributed by atoms with E-state index in [-0.39, 0.29) is 11.5 Å². The molecule has 0 spiro atoms. The maximum atomic E-state index is 12.5. The SMILES string of the molecule is Cn1c(=O)n(C)c2cc(C(=O)c3cccs3)c(Br)cc21. The summed E-state index contributed by atoms with van der Waals surface area (Å²) in [6.07, 6.45) is 0. The van der Waals surface area contributed by atoms with Crippen molar-refractivity contribution in [1.29, 1.82) is 0 Å². The van der Waals surface area contributed by atoms with Gasteiger partial charge in [-0.1, -0.05) is 6.07 Å². The first kappa shape index (κ1) is 13.3. The lowest BCUT2D eigenvalue weighted by Gasteiger charge is -2.04. The molecule has 0 amide bonds. The Morgan fingerprint density at radius 1 is 1.20 bits per heavy atom. The van der Waals surface area contributed by atoms with Crippen molar-refractivity contribution in [3.05, 3.63) is 55.0 Å². The van der Waals surface area contributed by atoms with Crippen LogP contribution in [-0.2, 0) is 14.1 Å². The molecule has 0 saturated heterocycles. The Bertz CT molecular complexity index is 875. The lowest BCUT2D eigenvalue weighted by molar-refractivity contribution is 0.104. The van der Waals surface area contributed by atoms with Crippen LogP contribution in [0.2, 0.25) is 0 Å². The molecule has 0 radical (unpaired) electrons. The van der Waals surface area contributed by atoms with Crippen LogP contribution in [0.4, 0.5) is 0 Å². The standard InChI is InChI=1S/C14H11BrN2O2S/c1-16-10-6-8(13(18)12-4-3-5-20-12)9(15)7-11(10)17(2)14(16)19/h3-7H,1-2H3. The van der Waals surface area contributed by atoms with Gasteiger partial charge in [-0.05, 0) is 39.5 Å². The van der Waals surface area contributed by atoms with Crippen molar-refractivity contribution in [2.45, 2.75) is 0 Å². The molecule has 0 aliphatic carbocycles. The summed E-state index contributed by atoms with van der Waals surface area (Å²) in [5.41, 5.74) is 2.02. The monoisotopic (exact) mass is 350 g/mol. The molecule has 1 aromatic carbocycles. The Morgan fingerprint density at radius 3 is 2.45 bits per heavy atom. The van der Waals surface area contributed by atoms with Gasteiger partial charge in [0.15, 0.2) is 0 Å². The third-order valence-electron chi connectivity index (χ3n) is 3.35. The number of hydrogen-bond donors (Lipinski definition) is 0. The number of thiophene rings is 1. The third-order valence-corrected chi connectivity index (χ3v) is 4.88. The molecule has 3 rings (SSSR count). The van der Waals surface area contributed by atoms with E-state index in [1.165, 1.54) is 11.3 Å². The number of nitrogens with zero attached hydrogens (tertiary/aromatic N) is 2. The van der Waals surface area contributed by atoms with E-state index in [9.17, 15) is 9.59 Å². The first-order valence-electron chi connectivity index (χ1n) is 5.94. The highest BCUT2D eigenvalue weighted by Crippen LogP contribution is 2.27. The lowest BCUT2D eigenvalue weighted by Crippen LogP contribution is -2.19. The maximum absolute atomic E-state index is 12.5. The second kappa shape index (κ2) is 4.71. The molecule has 0 unspecified atom stereocenters. The van der Waals surface area contributed by atoms with Crippen LogP contribution in [-0.4, -0.2) is 14.9 Å². The molecule has 20 heavy (non-hydrogen) atoms. The highest BCUT2D eigenvalue weighted by Gasteiger charge is 2.17. The van der Waals surface area contributed by atoms with Crippen LogP contribution in [0.3, 0.4) is 0 Å². The fourth-order valence-corrected chi connectivity index (χ4v) is 3.42. The fraction of sp³-hybridized carbons (Fsp3) is 0.143. The predicted octanol–water partition coefficient (Wildman–Crippen LogP) is 2.93. The largest absolute Gasteiger partial charge is 0.328 e. The summed E-state index contributed by atoms with van der Waals surface area (Å²) in [5, 5.41) is 1.87. The lowest BCUT2D eigenvalue weighted by atomic mass is 10.1. The number of rotatable bonds is 2. The fourth-order valence-electron chi connectivity index (χ4n) is 2.23. The van der Waals surface area contributed by atoms with Gasteiger partial charge < -0.3 is 0 Å². The molecule has 0 aliphatic heterocycles. The molecule has 0 N–H and O–H groups in total. The van der Waals surface area contributed by atoms with Crippen molar-refractivity contribution in [2.75, 3.05) is 0 Å². The number of carbonyl (C=O) groups excluding carboxylic acids is 1. The van der Waals surface area contributed by atoms with Crippen LogP contribution >= 0.6 is 27.3 Å². The van der Waals surface area contributed by atoms with Gasteiger partial charge in [-0.15, -0.1) is 11.3 Å². The van der Waals surface area contributed by atoms with Crippen molar-refractivity contribution in [3.63, 3.8) is 0 Å². The smallest absolute Gasteiger partial charge is 0.295 e. The molecule has 4 nitrogen and oxygen atoms in total. The number of hydrogen-bond acceptors (Lipinski definition) is 3. The summed E-state index contributed by atoms with van der Waals surface area (Å²) >= 11 is 4.84. The molecule has 2 aromatic heterocycles. The van der Waals surface area contributed by atoms with Gasteiger partial charge in [0.2, 0.25) is 5.78 Å². The van der Waals surface area contributed by atoms with Crippen molar-refractivity contribution >= 4 is 44.1 Å². The van der Waals surface area contributed by atoms with Crippen molar-refractivity contribution in [1.82, 2.24) is 9.13 Å². The number of aromatic nitrogens is 2. The molecule has 0 fully saturated rings. The van der Waals surface area contributed by atoms with Crippen molar-refractivity contribution < 1.29 is 4.79 Å². The number of halogens is 1. The Labute approximate surface area is 127 Å². The minimum Gasteiger partial charge on any atom is -0.295 e. The van der Waals surface area contributed by atoms with Crippen LogP contribution in [0.1, 0.15) is 15.2 Å². The molecule has 3 aromatic rings. The molecule has 0 aliphatic rings. The van der Waals surface area contributed by atoms with E-state index < -0.39 is 0 Å². The van der Waals surface area contributed by atoms with Gasteiger partial charge in [0.05, 0.1) is 15.9 Å². The topological polar surface area (TPSA) is 44.0 Å². The van der Waals surface area contributed by atoms with Crippen LogP contribution in [0.5, 0.6) is 0 Å². The van der Waals surface area contributed by atoms with E-state index in [2.05, 4.69) is 15.9 Å². The molecule has 0 saturated carbocycles. The summed E-state index contributed by atoms with van der Waals surface area (Å²) < 4.78 is 3.82. The average molecular weight is 351 g/mol. The number of fused-ring (bicyclic) bond motifs is 1. The summed E-state index contributed by atoms with van der Waals surface area (Å²) in [7, 11) is 3.43. The van der Waals surface area contributed by atoms with E-state index in [0.717, 1.165) is 11.0 Å². The summed E-state index contributed by atoms with van der Waals surface area (Å²) in [4.78, 5) is 25.1. The van der Waals surface area contributed by atoms with E-state index in [4.69, 9.17) is 0 Å². The number of benzene rings is 1. The van der Waals surface area contributed by atoms with Gasteiger partial charge in [0.25, 0.3) is 0 Å². The molecule has 102 valence electrons. The first-order valence-corrected chi connectivity index (χ1v) is 7.61. The van der Waals surface area contributed by atoms with Crippen molar-refractivity contribution in [3.8, 4) is 0 Å². The molecule has 0 atom stereocenters. The zero-order valence-electron chi connectivity index (χ0n) is 10.9. The molecular weight excluding hydrogens is 340 g/mol. The predicted molar refractivity (Wildman–Crippen MR) is 83.6 cm³/mol. The normalized spacial score (nSPS) is 11.2. The van der Waals surface area contributed by atoms with E-state index in [1.54, 1.807) is 35.4 Å². The van der Waals surface area contributed by atoms with Crippen LogP contribution in [0, 0.1) is 0 Å². The minimum absolute atomic E-state index is 0.0370. The van der Waals surface area contributed by atoms with Crippen LogP contribution in [0.15, 0.2) is 38.9 Å². The number of aryl methyl sites for hydroxylation is 2. The molecule has 0 bridgehead atoms. The maximum Gasteiger partial charge on any atom is 0.328 e. The minimum atomic E-state index is -0.104. The second-order valence-electron chi connectivity index (χ2n) is 4.53. The zero-order chi connectivity index (χ0) is 14.4. The quantitative estimate of drug-likeness (QED) is 0.667. The first-order chi connectivity index (χ1) is 9.50. The Hall–Kier alpha value is -1.66. The third kappa shape index (κ3) is 1.87. The number of imidazole rings is 1. The summed E-state index contributed by atoms with van der Waals surface area (Å²) in [5.74, 6) is -0.0370. The van der Waals surface area contributed by atoms with E-state index in [1.807, 2.05) is 17.5 Å². The number of ketones is 1. The molecule has 2 heterocycles. The van der Waals surface area contributed by atoms with Gasteiger partial charge in [0.1, 0.15) is 0 Å². The van der Waals surface area contributed by atoms with Crippen LogP contribution < -0.4 is 5.69 Å². The van der Waals surface area contributed by atoms with Gasteiger partial charge in [-0.3, -0.25) is 13.9 Å². The van der Waals surface area contributed by atoms with Gasteiger partial charge in [0, 0.05) is 24.1 Å². The Kier molecular flexibility index (Phi) is 3.14. The van der Waals surface area contributed by atoms with Crippen molar-refractivity contribution in [2.24, 2.45) is 14.1 Å². The van der Waals surface area contributed by atoms with Crippen LogP contribution in [0.25, 0.3) is 11.0 Å². The Morgan fingerprint density at radius 2 is 1.85 bits per heavy atom. The second-order valence-corrected chi connectivity index (χ2v) is 6.33. The summed E-state index contributed by atoms with van der Waals surface area (Å²) in [6.45, 7) is 0. The average Bonchev–Trinajstić information content (AvgIpc) is 3.03. The zero-order valence-corrected chi connectivity index (χ0v) is 13.3.